The smallest absolute Gasteiger partial charge is 0.326 e. The molecule has 0 aliphatic heterocycles. The van der Waals surface area contributed by atoms with Crippen molar-refractivity contribution >= 4 is 11.9 Å². The zero-order valence-corrected chi connectivity index (χ0v) is 19.1. The van der Waals surface area contributed by atoms with Gasteiger partial charge in [-0.25, -0.2) is 9.18 Å². The van der Waals surface area contributed by atoms with E-state index in [1.165, 1.54) is 44.6 Å². The molecule has 0 spiro atoms. The Morgan fingerprint density at radius 1 is 1.03 bits per heavy atom. The summed E-state index contributed by atoms with van der Waals surface area (Å²) in [6.45, 7) is 0.635. The predicted octanol–water partition coefficient (Wildman–Crippen LogP) is 5.14. The number of hydrogen-bond donors (Lipinski definition) is 2. The van der Waals surface area contributed by atoms with Gasteiger partial charge in [-0.3, -0.25) is 4.79 Å². The number of carbonyl (C=O) groups is 2. The van der Waals surface area contributed by atoms with E-state index in [1.807, 2.05) is 0 Å². The number of carbonyl (C=O) groups excluding carboxylic acids is 1. The van der Waals surface area contributed by atoms with Crippen LogP contribution in [0, 0.1) is 41.3 Å². The number of halogens is 1. The molecule has 33 heavy (non-hydrogen) atoms. The summed E-state index contributed by atoms with van der Waals surface area (Å²) in [7, 11) is 0. The maximum absolute atomic E-state index is 15.0. The Labute approximate surface area is 194 Å². The molecule has 1 aromatic carbocycles. The van der Waals surface area contributed by atoms with Crippen LogP contribution >= 0.6 is 0 Å². The van der Waals surface area contributed by atoms with Crippen LogP contribution in [-0.2, 0) is 4.79 Å². The van der Waals surface area contributed by atoms with Gasteiger partial charge in [0.05, 0.1) is 12.2 Å². The molecule has 178 valence electrons. The predicted molar refractivity (Wildman–Crippen MR) is 121 cm³/mol. The van der Waals surface area contributed by atoms with Crippen molar-refractivity contribution < 1.29 is 23.8 Å². The van der Waals surface area contributed by atoms with Gasteiger partial charge in [-0.05, 0) is 111 Å². The third-order valence-electron chi connectivity index (χ3n) is 9.15. The lowest BCUT2D eigenvalue weighted by atomic mass is 9.54. The summed E-state index contributed by atoms with van der Waals surface area (Å²) >= 11 is 0. The van der Waals surface area contributed by atoms with Crippen molar-refractivity contribution in [2.45, 2.75) is 76.2 Å². The molecule has 6 rings (SSSR count). The fraction of sp³-hybridized carbons (Fsp3) is 0.704. The number of amides is 1. The average Bonchev–Trinajstić information content (AvgIpc) is 3.67. The number of hydrogen-bond acceptors (Lipinski definition) is 3. The van der Waals surface area contributed by atoms with Crippen LogP contribution in [0.3, 0.4) is 0 Å². The first-order chi connectivity index (χ1) is 16.0. The van der Waals surface area contributed by atoms with E-state index in [1.54, 1.807) is 6.07 Å². The maximum Gasteiger partial charge on any atom is 0.326 e. The van der Waals surface area contributed by atoms with Gasteiger partial charge in [0.1, 0.15) is 17.6 Å². The lowest BCUT2D eigenvalue weighted by molar-refractivity contribution is -0.139. The molecule has 5 unspecified atom stereocenters. The number of carboxylic acid groups (broad SMARTS) is 1. The molecule has 0 heterocycles. The molecular weight excluding hydrogens is 421 g/mol. The standard InChI is InChI=1S/C27H34FNO4/c28-23-12-24(33-13-19-10-15-7-14-1-6-20(19)18(8-14)9-15)21(16-2-3-16)11-22(23)26(30)29-25(27(31)32)17-4-5-17/h11-12,14-20,25H,1-10,13H2,(H,29,30)(H,31,32)/t14?,15?,18?,19?,20?,25-/m0/s1. The van der Waals surface area contributed by atoms with Gasteiger partial charge < -0.3 is 15.2 Å². The monoisotopic (exact) mass is 455 g/mol. The van der Waals surface area contributed by atoms with Gasteiger partial charge in [-0.1, -0.05) is 6.42 Å². The highest BCUT2D eigenvalue weighted by Crippen LogP contribution is 2.55. The summed E-state index contributed by atoms with van der Waals surface area (Å²) in [5.41, 5.74) is 0.834. The van der Waals surface area contributed by atoms with E-state index in [2.05, 4.69) is 5.32 Å². The summed E-state index contributed by atoms with van der Waals surface area (Å²) in [5, 5.41) is 12.0. The number of nitrogens with one attached hydrogen (secondary N) is 1. The van der Waals surface area contributed by atoms with Gasteiger partial charge in [0, 0.05) is 6.07 Å². The quantitative estimate of drug-likeness (QED) is 0.569. The first kappa shape index (κ1) is 21.4. The van der Waals surface area contributed by atoms with Crippen LogP contribution in [0.25, 0.3) is 0 Å². The minimum absolute atomic E-state index is 0.0509. The molecule has 6 atom stereocenters. The van der Waals surface area contributed by atoms with Crippen LogP contribution in [0.5, 0.6) is 5.75 Å². The zero-order chi connectivity index (χ0) is 22.7. The second kappa shape index (κ2) is 8.28. The van der Waals surface area contributed by atoms with Crippen molar-refractivity contribution in [2.75, 3.05) is 6.61 Å². The van der Waals surface area contributed by atoms with E-state index in [0.717, 1.165) is 54.9 Å². The van der Waals surface area contributed by atoms with Crippen molar-refractivity contribution in [1.29, 1.82) is 0 Å². The van der Waals surface area contributed by atoms with Crippen molar-refractivity contribution in [3.05, 3.63) is 29.1 Å². The molecular formula is C27H34FNO4. The molecule has 5 aliphatic rings. The summed E-state index contributed by atoms with van der Waals surface area (Å²) < 4.78 is 21.4. The highest BCUT2D eigenvalue weighted by Gasteiger charge is 2.46. The molecule has 1 amide bonds. The van der Waals surface area contributed by atoms with Crippen LogP contribution in [-0.4, -0.2) is 29.6 Å². The van der Waals surface area contributed by atoms with Crippen LogP contribution in [0.1, 0.15) is 86.0 Å². The van der Waals surface area contributed by atoms with E-state index in [0.29, 0.717) is 24.2 Å². The zero-order valence-electron chi connectivity index (χ0n) is 19.1. The Morgan fingerprint density at radius 3 is 2.55 bits per heavy atom. The number of rotatable bonds is 8. The molecule has 6 heteroatoms. The molecule has 0 radical (unpaired) electrons. The normalized spacial score (nSPS) is 33.4. The van der Waals surface area contributed by atoms with E-state index in [4.69, 9.17) is 4.74 Å². The van der Waals surface area contributed by atoms with Gasteiger partial charge >= 0.3 is 5.97 Å². The van der Waals surface area contributed by atoms with Crippen LogP contribution in [0.2, 0.25) is 0 Å². The fourth-order valence-corrected chi connectivity index (χ4v) is 7.28. The van der Waals surface area contributed by atoms with Gasteiger partial charge in [0.25, 0.3) is 5.91 Å². The Hall–Kier alpha value is -2.11. The topological polar surface area (TPSA) is 75.6 Å². The minimum atomic E-state index is -1.06. The second-order valence-corrected chi connectivity index (χ2v) is 11.5. The van der Waals surface area contributed by atoms with E-state index >= 15 is 4.39 Å². The van der Waals surface area contributed by atoms with E-state index in [9.17, 15) is 14.7 Å². The largest absolute Gasteiger partial charge is 0.493 e. The molecule has 1 aromatic rings. The fourth-order valence-electron chi connectivity index (χ4n) is 7.28. The molecule has 5 aliphatic carbocycles. The number of benzene rings is 1. The first-order valence-corrected chi connectivity index (χ1v) is 13.0. The second-order valence-electron chi connectivity index (χ2n) is 11.5. The molecule has 5 saturated carbocycles. The summed E-state index contributed by atoms with van der Waals surface area (Å²) in [6, 6.07) is 2.04. The van der Waals surface area contributed by atoms with Crippen molar-refractivity contribution in [1.82, 2.24) is 5.32 Å². The molecule has 2 N–H and O–H groups in total. The highest BCUT2D eigenvalue weighted by atomic mass is 19.1. The van der Waals surface area contributed by atoms with Crippen molar-refractivity contribution in [3.8, 4) is 5.75 Å². The van der Waals surface area contributed by atoms with Gasteiger partial charge in [0.2, 0.25) is 0 Å². The molecule has 0 aromatic heterocycles. The number of aliphatic carboxylic acids is 1. The van der Waals surface area contributed by atoms with Gasteiger partial charge in [-0.15, -0.1) is 0 Å². The first-order valence-electron chi connectivity index (χ1n) is 13.0. The van der Waals surface area contributed by atoms with Crippen molar-refractivity contribution in [3.63, 3.8) is 0 Å². The van der Waals surface area contributed by atoms with E-state index in [-0.39, 0.29) is 11.5 Å². The number of fused-ring (bicyclic) bond motifs is 2. The van der Waals surface area contributed by atoms with Crippen LogP contribution in [0.15, 0.2) is 12.1 Å². The summed E-state index contributed by atoms with van der Waals surface area (Å²) in [5.74, 6) is 2.41. The lowest BCUT2D eigenvalue weighted by Gasteiger charge is -2.52. The Balaban J connectivity index is 1.18. The number of carboxylic acids is 1. The minimum Gasteiger partial charge on any atom is -0.493 e. The number of ether oxygens (including phenoxy) is 1. The highest BCUT2D eigenvalue weighted by molar-refractivity contribution is 5.97. The maximum atomic E-state index is 15.0. The SMILES string of the molecule is O=C(N[C@H](C(=O)O)C1CC1)c1cc(C2CC2)c(OCC2CC3CC4CCC2C(C4)C3)cc1F. The molecule has 3 bridgehead atoms. The molecule has 0 saturated heterocycles. The molecule has 5 nitrogen and oxygen atoms in total. The van der Waals surface area contributed by atoms with Crippen LogP contribution in [0.4, 0.5) is 4.39 Å². The van der Waals surface area contributed by atoms with Crippen molar-refractivity contribution in [2.24, 2.45) is 35.5 Å². The lowest BCUT2D eigenvalue weighted by Crippen LogP contribution is -2.44. The van der Waals surface area contributed by atoms with Gasteiger partial charge in [0.15, 0.2) is 0 Å². The Kier molecular flexibility index (Phi) is 5.38. The Bertz CT molecular complexity index is 950. The van der Waals surface area contributed by atoms with E-state index < -0.39 is 23.7 Å². The summed E-state index contributed by atoms with van der Waals surface area (Å²) in [6.07, 6.45) is 11.7. The molecule has 5 fully saturated rings. The average molecular weight is 456 g/mol. The third kappa shape index (κ3) is 4.26. The summed E-state index contributed by atoms with van der Waals surface area (Å²) in [4.78, 5) is 24.3. The Morgan fingerprint density at radius 2 is 1.82 bits per heavy atom. The van der Waals surface area contributed by atoms with Gasteiger partial charge in [-0.2, -0.15) is 0 Å². The van der Waals surface area contributed by atoms with Crippen LogP contribution < -0.4 is 10.1 Å². The third-order valence-corrected chi connectivity index (χ3v) is 9.15.